The summed E-state index contributed by atoms with van der Waals surface area (Å²) in [7, 11) is 1.05. The molecule has 180 valence electrons. The van der Waals surface area contributed by atoms with Gasteiger partial charge in [0.1, 0.15) is 12.1 Å². The molecule has 1 aromatic carbocycles. The minimum atomic E-state index is -2.00. The quantitative estimate of drug-likeness (QED) is 0.360. The average Bonchev–Trinajstić information content (AvgIpc) is 3.23. The van der Waals surface area contributed by atoms with Crippen molar-refractivity contribution in [3.63, 3.8) is 0 Å². The van der Waals surface area contributed by atoms with Crippen LogP contribution in [0.15, 0.2) is 35.5 Å². The second-order valence-corrected chi connectivity index (χ2v) is 7.86. The summed E-state index contributed by atoms with van der Waals surface area (Å²) in [5.74, 6) is -3.61. The molecule has 0 bridgehead atoms. The summed E-state index contributed by atoms with van der Waals surface area (Å²) >= 11 is 0. The van der Waals surface area contributed by atoms with Crippen LogP contribution in [-0.2, 0) is 35.1 Å². The Kier molecular flexibility index (Phi) is 9.03. The van der Waals surface area contributed by atoms with Crippen molar-refractivity contribution in [1.82, 2.24) is 10.2 Å². The third kappa shape index (κ3) is 6.13. The molecule has 0 spiro atoms. The molecule has 0 saturated carbocycles. The lowest BCUT2D eigenvalue weighted by atomic mass is 9.97. The number of aliphatic carboxylic acids is 1. The summed E-state index contributed by atoms with van der Waals surface area (Å²) in [4.78, 5) is 61.8. The molecule has 33 heavy (non-hydrogen) atoms. The highest BCUT2D eigenvalue weighted by Gasteiger charge is 2.56. The summed E-state index contributed by atoms with van der Waals surface area (Å²) < 4.78 is 9.72. The highest BCUT2D eigenvalue weighted by Crippen LogP contribution is 2.32. The third-order valence-corrected chi connectivity index (χ3v) is 5.60. The molecule has 11 heteroatoms. The predicted octanol–water partition coefficient (Wildman–Crippen LogP) is 0.893. The lowest BCUT2D eigenvalue weighted by molar-refractivity contribution is -0.150. The fourth-order valence-electron chi connectivity index (χ4n) is 3.87. The number of carbonyl (C=O) groups is 4. The van der Waals surface area contributed by atoms with E-state index in [1.165, 1.54) is 6.92 Å². The van der Waals surface area contributed by atoms with E-state index in [0.29, 0.717) is 12.8 Å². The number of carboxylic acids is 1. The first-order chi connectivity index (χ1) is 15.7. The van der Waals surface area contributed by atoms with E-state index >= 15 is 0 Å². The van der Waals surface area contributed by atoms with E-state index in [9.17, 15) is 29.2 Å². The van der Waals surface area contributed by atoms with Crippen LogP contribution in [0.5, 0.6) is 0 Å². The lowest BCUT2D eigenvalue weighted by Crippen LogP contribution is -2.54. The Morgan fingerprint density at radius 1 is 1.27 bits per heavy atom. The second kappa shape index (κ2) is 11.5. The minimum absolute atomic E-state index is 0.157. The van der Waals surface area contributed by atoms with E-state index in [0.717, 1.165) is 17.6 Å². The zero-order valence-corrected chi connectivity index (χ0v) is 18.9. The Labute approximate surface area is 191 Å². The van der Waals surface area contributed by atoms with E-state index in [1.54, 1.807) is 6.92 Å². The number of nitrogens with zero attached hydrogens (tertiary/aromatic N) is 2. The number of carbonyl (C=O) groups excluding carboxylic acids is 3. The molecule has 11 nitrogen and oxygen atoms in total. The molecule has 1 fully saturated rings. The van der Waals surface area contributed by atoms with Crippen LogP contribution in [-0.4, -0.2) is 77.7 Å². The molecule has 0 radical (unpaired) electrons. The summed E-state index contributed by atoms with van der Waals surface area (Å²) in [5.41, 5.74) is -1.00. The van der Waals surface area contributed by atoms with Crippen molar-refractivity contribution in [1.29, 1.82) is 0 Å². The van der Waals surface area contributed by atoms with Gasteiger partial charge in [0.05, 0.1) is 26.3 Å². The van der Waals surface area contributed by atoms with Gasteiger partial charge in [-0.2, -0.15) is 0 Å². The van der Waals surface area contributed by atoms with Gasteiger partial charge in [0, 0.05) is 6.42 Å². The van der Waals surface area contributed by atoms with Gasteiger partial charge >= 0.3 is 17.9 Å². The van der Waals surface area contributed by atoms with E-state index in [1.807, 2.05) is 30.3 Å². The molecule has 2 N–H and O–H groups in total. The van der Waals surface area contributed by atoms with Crippen molar-refractivity contribution >= 4 is 23.8 Å². The van der Waals surface area contributed by atoms with Crippen molar-refractivity contribution in [2.75, 3.05) is 20.3 Å². The smallest absolute Gasteiger partial charge is 0.339 e. The van der Waals surface area contributed by atoms with Crippen molar-refractivity contribution in [3.8, 4) is 0 Å². The molecule has 2 rings (SSSR count). The van der Waals surface area contributed by atoms with Crippen molar-refractivity contribution in [3.05, 3.63) is 40.8 Å². The van der Waals surface area contributed by atoms with Gasteiger partial charge in [-0.1, -0.05) is 30.3 Å². The first kappa shape index (κ1) is 25.9. The monoisotopic (exact) mass is 463 g/mol. The molecule has 1 aromatic rings. The van der Waals surface area contributed by atoms with Crippen LogP contribution < -0.4 is 5.32 Å². The number of carboxylic acid groups (broad SMARTS) is 1. The molecule has 1 aliphatic rings. The standard InChI is InChI=1S/C22H29N3O8/c1-4-33-20(29)16(11-10-15-8-6-5-7-9-15)23-14(2)18(26)25-13-22(24-31,21(30)32-3)12-17(25)19(27)28/h5-9,14,16-17,23H,4,10-13H2,1-3H3,(H,27,28)/t14-,16-,17-,22?/m0/s1. The van der Waals surface area contributed by atoms with Crippen molar-refractivity contribution in [2.24, 2.45) is 5.18 Å². The Balaban J connectivity index is 2.17. The largest absolute Gasteiger partial charge is 0.480 e. The summed E-state index contributed by atoms with van der Waals surface area (Å²) in [6.07, 6.45) is 0.386. The van der Waals surface area contributed by atoms with Gasteiger partial charge in [-0.3, -0.25) is 14.9 Å². The summed E-state index contributed by atoms with van der Waals surface area (Å²) in [6.45, 7) is 2.77. The maximum atomic E-state index is 13.1. The van der Waals surface area contributed by atoms with Crippen LogP contribution in [0.25, 0.3) is 0 Å². The van der Waals surface area contributed by atoms with E-state index < -0.39 is 60.4 Å². The van der Waals surface area contributed by atoms with Crippen LogP contribution in [0.1, 0.15) is 32.3 Å². The molecule has 1 unspecified atom stereocenters. The SMILES string of the molecule is CCOC(=O)[C@H](CCc1ccccc1)N[C@@H](C)C(=O)N1CC(N=O)(C(=O)OC)C[C@H]1C(=O)O. The van der Waals surface area contributed by atoms with Crippen LogP contribution in [0.3, 0.4) is 0 Å². The molecular formula is C22H29N3O8. The van der Waals surface area contributed by atoms with E-state index in [-0.39, 0.29) is 6.61 Å². The number of benzene rings is 1. The maximum Gasteiger partial charge on any atom is 0.339 e. The van der Waals surface area contributed by atoms with Crippen LogP contribution >= 0.6 is 0 Å². The number of esters is 2. The molecule has 1 aliphatic heterocycles. The lowest BCUT2D eigenvalue weighted by Gasteiger charge is -2.28. The fraction of sp³-hybridized carbons (Fsp3) is 0.545. The van der Waals surface area contributed by atoms with Gasteiger partial charge in [0.25, 0.3) is 0 Å². The van der Waals surface area contributed by atoms with Gasteiger partial charge in [-0.25, -0.2) is 9.59 Å². The Hall–Kier alpha value is -3.34. The van der Waals surface area contributed by atoms with Crippen LogP contribution in [0, 0.1) is 4.91 Å². The van der Waals surface area contributed by atoms with Gasteiger partial charge in [-0.15, -0.1) is 4.91 Å². The zero-order valence-electron chi connectivity index (χ0n) is 18.9. The number of nitrogens with one attached hydrogen (secondary N) is 1. The highest BCUT2D eigenvalue weighted by atomic mass is 16.5. The molecule has 0 aromatic heterocycles. The molecule has 1 saturated heterocycles. The van der Waals surface area contributed by atoms with Gasteiger partial charge < -0.3 is 19.5 Å². The number of rotatable bonds is 11. The number of nitroso groups, excluding NO2 is 1. The molecule has 1 heterocycles. The Bertz CT molecular complexity index is 878. The second-order valence-electron chi connectivity index (χ2n) is 7.86. The number of hydrogen-bond donors (Lipinski definition) is 2. The highest BCUT2D eigenvalue weighted by molar-refractivity contribution is 5.92. The van der Waals surface area contributed by atoms with Gasteiger partial charge in [0.15, 0.2) is 0 Å². The fourth-order valence-corrected chi connectivity index (χ4v) is 3.87. The normalized spacial score (nSPS) is 21.7. The minimum Gasteiger partial charge on any atom is -0.480 e. The summed E-state index contributed by atoms with van der Waals surface area (Å²) in [5, 5.41) is 15.3. The average molecular weight is 463 g/mol. The number of aryl methyl sites for hydroxylation is 1. The molecule has 0 aliphatic carbocycles. The number of amides is 1. The van der Waals surface area contributed by atoms with Crippen LogP contribution in [0.2, 0.25) is 0 Å². The number of hydrogen-bond acceptors (Lipinski definition) is 9. The number of ether oxygens (including phenoxy) is 2. The van der Waals surface area contributed by atoms with Crippen molar-refractivity contribution < 1.29 is 33.8 Å². The van der Waals surface area contributed by atoms with E-state index in [2.05, 4.69) is 15.2 Å². The van der Waals surface area contributed by atoms with E-state index in [4.69, 9.17) is 4.74 Å². The summed E-state index contributed by atoms with van der Waals surface area (Å²) in [6, 6.07) is 6.19. The first-order valence-electron chi connectivity index (χ1n) is 10.6. The third-order valence-electron chi connectivity index (χ3n) is 5.60. The maximum absolute atomic E-state index is 13.1. The predicted molar refractivity (Wildman–Crippen MR) is 116 cm³/mol. The van der Waals surface area contributed by atoms with Gasteiger partial charge in [0.2, 0.25) is 11.4 Å². The van der Waals surface area contributed by atoms with Crippen LogP contribution in [0.4, 0.5) is 0 Å². The molecular weight excluding hydrogens is 434 g/mol. The first-order valence-corrected chi connectivity index (χ1v) is 10.6. The zero-order chi connectivity index (χ0) is 24.6. The number of likely N-dealkylation sites (tertiary alicyclic amines) is 1. The topological polar surface area (TPSA) is 152 Å². The molecule has 1 amide bonds. The Morgan fingerprint density at radius 2 is 1.94 bits per heavy atom. The number of methoxy groups -OCH3 is 1. The van der Waals surface area contributed by atoms with Crippen molar-refractivity contribution in [2.45, 2.75) is 56.8 Å². The van der Waals surface area contributed by atoms with Gasteiger partial charge in [-0.05, 0) is 37.4 Å². The Morgan fingerprint density at radius 3 is 2.48 bits per heavy atom. The molecule has 4 atom stereocenters.